The number of para-hydroxylation sites is 2. The van der Waals surface area contributed by atoms with Gasteiger partial charge in [0.1, 0.15) is 11.5 Å². The molecule has 0 spiro atoms. The number of carboxylic acids is 2. The minimum absolute atomic E-state index is 0.0407. The Morgan fingerprint density at radius 3 is 1.87 bits per heavy atom. The highest BCUT2D eigenvalue weighted by Gasteiger charge is 2.38. The largest absolute Gasteiger partial charge is 0.478 e. The van der Waals surface area contributed by atoms with E-state index in [9.17, 15) is 29.4 Å². The smallest absolute Gasteiger partial charge is 0.335 e. The number of morpholine rings is 1. The lowest BCUT2D eigenvalue weighted by molar-refractivity contribution is -0.121. The van der Waals surface area contributed by atoms with Crippen LogP contribution in [0.15, 0.2) is 85.1 Å². The van der Waals surface area contributed by atoms with Gasteiger partial charge in [-0.3, -0.25) is 14.5 Å². The SMILES string of the molecule is O=C1CCN(Cc2cn3c4c(cccc24)-c2c(C4CCCCC4)c4ccc(C(=O)O)cc4n2CCC3C2CCC(c3c4n(c5cc(C(=O)O)ccc35)CCCn3c(C(=O)N5CCOCC5)cc5cccc-4c53)CC2)CC1. The molecule has 76 heavy (non-hydrogen) atoms. The Labute approximate surface area is 441 Å². The summed E-state index contributed by atoms with van der Waals surface area (Å²) in [6.45, 7) is 6.69. The summed E-state index contributed by atoms with van der Waals surface area (Å²) in [6, 6.07) is 27.1. The predicted molar refractivity (Wildman–Crippen MR) is 295 cm³/mol. The second-order valence-electron chi connectivity index (χ2n) is 23.0. The molecule has 13 heteroatoms. The standard InChI is InChI=1S/C63H66N6O7/c70-45-21-26-64(27-22-45)36-44-37-69-51(23-28-68-53-35-43(63(74)75)18-20-48(53)55(39-7-2-1-3-8-39)60(68)50-12-5-10-46(44)58(50)69)38-13-15-40(16-14-38)56-47-19-17-42(62(72)73)34-52(47)66-24-6-25-67-54(61(71)65-29-31-76-32-30-65)33-41-9-4-11-49(57(41)67)59(56)66/h4-5,9-12,17-20,33-35,37-40,51H,1-3,6-8,13-16,21-32,36H2,(H,72,73)(H,74,75). The third-order valence-corrected chi connectivity index (χ3v) is 18.9. The summed E-state index contributed by atoms with van der Waals surface area (Å²) in [4.78, 5) is 56.4. The zero-order valence-corrected chi connectivity index (χ0v) is 43.3. The van der Waals surface area contributed by atoms with Gasteiger partial charge in [-0.25, -0.2) is 9.59 Å². The van der Waals surface area contributed by atoms with E-state index in [0.29, 0.717) is 81.1 Å². The predicted octanol–water partition coefficient (Wildman–Crippen LogP) is 12.2. The molecule has 0 radical (unpaired) electrons. The number of ketones is 1. The van der Waals surface area contributed by atoms with E-state index < -0.39 is 11.9 Å². The molecule has 4 aromatic heterocycles. The molecular weight excluding hydrogens is 953 g/mol. The molecule has 6 aliphatic rings. The Hall–Kier alpha value is -6.96. The number of carboxylic acid groups (broad SMARTS) is 2. The molecule has 2 saturated carbocycles. The Balaban J connectivity index is 0.881. The van der Waals surface area contributed by atoms with Gasteiger partial charge in [0, 0.05) is 121 Å². The Morgan fingerprint density at radius 2 is 1.20 bits per heavy atom. The summed E-state index contributed by atoms with van der Waals surface area (Å²) < 4.78 is 15.5. The number of nitrogens with zero attached hydrogens (tertiary/aromatic N) is 6. The average Bonchev–Trinajstić information content (AvgIpc) is 4.25. The minimum atomic E-state index is -0.936. The maximum Gasteiger partial charge on any atom is 0.335 e. The molecule has 8 heterocycles. The Kier molecular flexibility index (Phi) is 11.8. The monoisotopic (exact) mass is 1020 g/mol. The zero-order chi connectivity index (χ0) is 51.3. The fourth-order valence-electron chi connectivity index (χ4n) is 15.3. The lowest BCUT2D eigenvalue weighted by Gasteiger charge is -2.37. The fraction of sp³-hybridized carbons (Fsp3) is 0.429. The fourth-order valence-corrected chi connectivity index (χ4v) is 15.3. The van der Waals surface area contributed by atoms with E-state index in [1.807, 2.05) is 17.0 Å². The van der Waals surface area contributed by atoms with Crippen LogP contribution in [0.2, 0.25) is 0 Å². The Morgan fingerprint density at radius 1 is 0.579 bits per heavy atom. The topological polar surface area (TPSA) is 144 Å². The van der Waals surface area contributed by atoms with Crippen molar-refractivity contribution >= 4 is 67.2 Å². The van der Waals surface area contributed by atoms with E-state index in [1.54, 1.807) is 12.1 Å². The second kappa shape index (κ2) is 18.9. The number of benzene rings is 4. The quantitative estimate of drug-likeness (QED) is 0.153. The van der Waals surface area contributed by atoms with Gasteiger partial charge < -0.3 is 38.1 Å². The molecule has 8 aromatic rings. The first-order valence-corrected chi connectivity index (χ1v) is 28.3. The van der Waals surface area contributed by atoms with E-state index in [0.717, 1.165) is 116 Å². The van der Waals surface area contributed by atoms with Crippen LogP contribution in [0.25, 0.3) is 66.1 Å². The number of piperidine rings is 1. The summed E-state index contributed by atoms with van der Waals surface area (Å²) in [5, 5.41) is 25.3. The van der Waals surface area contributed by atoms with Gasteiger partial charge in [0.05, 0.1) is 46.8 Å². The number of hydrogen-bond acceptors (Lipinski definition) is 6. The van der Waals surface area contributed by atoms with Gasteiger partial charge in [0.15, 0.2) is 0 Å². The summed E-state index contributed by atoms with van der Waals surface area (Å²) in [5.41, 5.74) is 14.3. The molecule has 1 unspecified atom stereocenters. The first-order valence-electron chi connectivity index (χ1n) is 28.3. The zero-order valence-electron chi connectivity index (χ0n) is 43.3. The Bertz CT molecular complexity index is 3670. The van der Waals surface area contributed by atoms with Crippen molar-refractivity contribution in [3.05, 3.63) is 119 Å². The van der Waals surface area contributed by atoms with Crippen molar-refractivity contribution in [2.45, 2.75) is 128 Å². The van der Waals surface area contributed by atoms with Crippen LogP contribution in [0.5, 0.6) is 0 Å². The number of likely N-dealkylation sites (tertiary alicyclic amines) is 1. The van der Waals surface area contributed by atoms with Crippen LogP contribution in [0, 0.1) is 5.92 Å². The molecule has 13 nitrogen and oxygen atoms in total. The molecule has 14 rings (SSSR count). The second-order valence-corrected chi connectivity index (χ2v) is 23.0. The number of carbonyl (C=O) groups excluding carboxylic acids is 2. The van der Waals surface area contributed by atoms with Crippen LogP contribution in [0.4, 0.5) is 0 Å². The van der Waals surface area contributed by atoms with Crippen LogP contribution in [-0.4, -0.2) is 101 Å². The van der Waals surface area contributed by atoms with E-state index in [-0.39, 0.29) is 23.4 Å². The van der Waals surface area contributed by atoms with Crippen molar-refractivity contribution in [3.8, 4) is 22.5 Å². The van der Waals surface area contributed by atoms with E-state index >= 15 is 0 Å². The van der Waals surface area contributed by atoms with Gasteiger partial charge in [0.2, 0.25) is 0 Å². The molecule has 1 atom stereocenters. The number of aromatic carboxylic acids is 2. The van der Waals surface area contributed by atoms with Gasteiger partial charge in [-0.1, -0.05) is 67.8 Å². The summed E-state index contributed by atoms with van der Waals surface area (Å²) in [6.07, 6.45) is 15.2. The molecule has 390 valence electrons. The van der Waals surface area contributed by atoms with Gasteiger partial charge in [-0.2, -0.15) is 0 Å². The molecule has 4 aromatic carbocycles. The molecule has 4 fully saturated rings. The maximum absolute atomic E-state index is 14.3. The van der Waals surface area contributed by atoms with Gasteiger partial charge in [-0.05, 0) is 116 Å². The summed E-state index contributed by atoms with van der Waals surface area (Å²) >= 11 is 0. The number of carbonyl (C=O) groups is 4. The van der Waals surface area contributed by atoms with Crippen molar-refractivity contribution < 1.29 is 34.1 Å². The lowest BCUT2D eigenvalue weighted by atomic mass is 9.74. The van der Waals surface area contributed by atoms with Gasteiger partial charge in [-0.15, -0.1) is 0 Å². The van der Waals surface area contributed by atoms with Crippen LogP contribution < -0.4 is 0 Å². The number of rotatable bonds is 8. The van der Waals surface area contributed by atoms with Crippen molar-refractivity contribution in [2.24, 2.45) is 5.92 Å². The average molecular weight is 1020 g/mol. The highest BCUT2D eigenvalue weighted by Crippen LogP contribution is 2.53. The van der Waals surface area contributed by atoms with E-state index in [1.165, 1.54) is 63.5 Å². The number of Topliss-reactive ketones (excluding diaryl/α,β-unsaturated/α-hetero) is 1. The van der Waals surface area contributed by atoms with Crippen molar-refractivity contribution in [3.63, 3.8) is 0 Å². The summed E-state index contributed by atoms with van der Waals surface area (Å²) in [5.74, 6) is -0.480. The van der Waals surface area contributed by atoms with Crippen LogP contribution in [0.3, 0.4) is 0 Å². The van der Waals surface area contributed by atoms with Crippen molar-refractivity contribution in [1.82, 2.24) is 28.1 Å². The number of hydrogen-bond donors (Lipinski definition) is 2. The molecule has 0 bridgehead atoms. The summed E-state index contributed by atoms with van der Waals surface area (Å²) in [7, 11) is 0. The molecule has 4 aliphatic heterocycles. The highest BCUT2D eigenvalue weighted by atomic mass is 16.5. The maximum atomic E-state index is 14.3. The molecule has 1 amide bonds. The van der Waals surface area contributed by atoms with Gasteiger partial charge >= 0.3 is 11.9 Å². The van der Waals surface area contributed by atoms with Gasteiger partial charge in [0.25, 0.3) is 5.91 Å². The first kappa shape index (κ1) is 47.5. The number of aromatic nitrogens is 4. The normalized spacial score (nSPS) is 21.6. The molecule has 2 N–H and O–H groups in total. The number of amides is 1. The number of ether oxygens (including phenoxy) is 1. The van der Waals surface area contributed by atoms with E-state index in [2.05, 4.69) is 84.0 Å². The third kappa shape index (κ3) is 7.77. The van der Waals surface area contributed by atoms with Crippen LogP contribution in [-0.2, 0) is 35.7 Å². The minimum Gasteiger partial charge on any atom is -0.478 e. The van der Waals surface area contributed by atoms with Crippen LogP contribution >= 0.6 is 0 Å². The van der Waals surface area contributed by atoms with Crippen molar-refractivity contribution in [1.29, 1.82) is 0 Å². The lowest BCUT2D eigenvalue weighted by Crippen LogP contribution is -2.41. The van der Waals surface area contributed by atoms with Crippen LogP contribution in [0.1, 0.15) is 149 Å². The number of fused-ring (bicyclic) bond motifs is 8. The molecule has 2 aliphatic carbocycles. The highest BCUT2D eigenvalue weighted by molar-refractivity contribution is 6.07. The van der Waals surface area contributed by atoms with E-state index in [4.69, 9.17) is 4.74 Å². The first-order chi connectivity index (χ1) is 37.2. The molecule has 2 saturated heterocycles. The molecular formula is C63H66N6O7. The third-order valence-electron chi connectivity index (χ3n) is 18.9. The number of aryl methyl sites for hydroxylation is 3. The van der Waals surface area contributed by atoms with Crippen molar-refractivity contribution in [2.75, 3.05) is 39.4 Å².